The topological polar surface area (TPSA) is 57.5 Å². The van der Waals surface area contributed by atoms with Crippen molar-refractivity contribution in [3.8, 4) is 0 Å². The zero-order valence-corrected chi connectivity index (χ0v) is 14.7. The van der Waals surface area contributed by atoms with Gasteiger partial charge in [-0.3, -0.25) is 4.79 Å². The molecule has 3 nitrogen and oxygen atoms in total. The third-order valence-corrected chi connectivity index (χ3v) is 8.01. The predicted octanol–water partition coefficient (Wildman–Crippen LogP) is 3.41. The maximum Gasteiger partial charge on any atom is 0.155 e. The maximum atomic E-state index is 11.8. The van der Waals surface area contributed by atoms with Crippen LogP contribution in [0, 0.1) is 29.1 Å². The molecule has 3 heteroatoms. The van der Waals surface area contributed by atoms with Crippen molar-refractivity contribution in [2.24, 2.45) is 29.1 Å². The number of carbonyl (C=O) groups is 1. The van der Waals surface area contributed by atoms with Gasteiger partial charge in [-0.1, -0.05) is 24.6 Å². The summed E-state index contributed by atoms with van der Waals surface area (Å²) in [6.07, 6.45) is 13.7. The van der Waals surface area contributed by atoms with E-state index in [4.69, 9.17) is 5.11 Å². The number of aliphatic hydroxyl groups is 2. The molecule has 0 bridgehead atoms. The normalized spacial score (nSPS) is 48.0. The molecule has 3 fully saturated rings. The number of allylic oxidation sites excluding steroid dienone is 1. The molecule has 0 amide bonds. The highest BCUT2D eigenvalue weighted by molar-refractivity contribution is 5.91. The predicted molar refractivity (Wildman–Crippen MR) is 93.3 cm³/mol. The van der Waals surface area contributed by atoms with Crippen LogP contribution >= 0.6 is 0 Å². The van der Waals surface area contributed by atoms with Crippen LogP contribution in [-0.2, 0) is 4.79 Å². The van der Waals surface area contributed by atoms with E-state index in [1.165, 1.54) is 18.4 Å². The summed E-state index contributed by atoms with van der Waals surface area (Å²) in [7, 11) is 0. The summed E-state index contributed by atoms with van der Waals surface area (Å²) in [5.41, 5.74) is 0.597. The van der Waals surface area contributed by atoms with Crippen LogP contribution < -0.4 is 0 Å². The van der Waals surface area contributed by atoms with E-state index in [0.29, 0.717) is 29.5 Å². The quantitative estimate of drug-likeness (QED) is 0.763. The molecule has 6 atom stereocenters. The first kappa shape index (κ1) is 16.5. The molecule has 4 aliphatic rings. The summed E-state index contributed by atoms with van der Waals surface area (Å²) in [6.45, 7) is 2.28. The molecule has 0 aromatic rings. The van der Waals surface area contributed by atoms with Crippen molar-refractivity contribution in [2.75, 3.05) is 6.61 Å². The van der Waals surface area contributed by atoms with Crippen LogP contribution in [0.5, 0.6) is 0 Å². The van der Waals surface area contributed by atoms with Crippen molar-refractivity contribution in [3.05, 3.63) is 23.8 Å². The minimum Gasteiger partial charge on any atom is -0.392 e. The lowest BCUT2D eigenvalue weighted by Gasteiger charge is -2.55. The third kappa shape index (κ3) is 2.28. The molecule has 4 rings (SSSR count). The summed E-state index contributed by atoms with van der Waals surface area (Å²) in [6, 6.07) is 0. The fraction of sp³-hybridized carbons (Fsp3) is 0.762. The number of hydrogen-bond donors (Lipinski definition) is 2. The van der Waals surface area contributed by atoms with Crippen molar-refractivity contribution in [1.29, 1.82) is 0 Å². The minimum absolute atomic E-state index is 0.000627. The van der Waals surface area contributed by atoms with Gasteiger partial charge in [0.1, 0.15) is 0 Å². The monoisotopic (exact) mass is 330 g/mol. The molecule has 24 heavy (non-hydrogen) atoms. The zero-order valence-electron chi connectivity index (χ0n) is 14.7. The first-order chi connectivity index (χ1) is 11.5. The maximum absolute atomic E-state index is 11.8. The lowest BCUT2D eigenvalue weighted by Crippen LogP contribution is -2.52. The summed E-state index contributed by atoms with van der Waals surface area (Å²) >= 11 is 0. The fourth-order valence-electron chi connectivity index (χ4n) is 6.75. The van der Waals surface area contributed by atoms with Crippen LogP contribution in [0.3, 0.4) is 0 Å². The smallest absolute Gasteiger partial charge is 0.155 e. The Hall–Kier alpha value is -0.930. The Kier molecular flexibility index (Phi) is 4.00. The SMILES string of the molecule is CC12CCC3C4CCC(=O)C=C4CCC3C1CCC2(O)/C=C\CO. The number of hydrogen-bond acceptors (Lipinski definition) is 3. The van der Waals surface area contributed by atoms with Gasteiger partial charge in [0.25, 0.3) is 0 Å². The third-order valence-electron chi connectivity index (χ3n) is 8.01. The molecule has 0 aromatic carbocycles. The Labute approximate surface area is 144 Å². The largest absolute Gasteiger partial charge is 0.392 e. The molecular weight excluding hydrogens is 300 g/mol. The van der Waals surface area contributed by atoms with Gasteiger partial charge in [0, 0.05) is 11.8 Å². The standard InChI is InChI=1S/C21H30O3/c1-20-10-7-17-16-6-4-15(23)13-14(16)3-5-18(17)19(20)8-11-21(20,24)9-2-12-22/h2,9,13,16-19,22,24H,3-8,10-12H2,1H3/b9-2-. The molecule has 0 radical (unpaired) electrons. The molecule has 3 saturated carbocycles. The van der Waals surface area contributed by atoms with Crippen molar-refractivity contribution < 1.29 is 15.0 Å². The number of aliphatic hydroxyl groups excluding tert-OH is 1. The molecule has 132 valence electrons. The molecular formula is C21H30O3. The van der Waals surface area contributed by atoms with Crippen LogP contribution in [0.2, 0.25) is 0 Å². The van der Waals surface area contributed by atoms with Crippen molar-refractivity contribution in [3.63, 3.8) is 0 Å². The lowest BCUT2D eigenvalue weighted by atomic mass is 9.50. The molecule has 6 unspecified atom stereocenters. The number of rotatable bonds is 2. The van der Waals surface area contributed by atoms with Gasteiger partial charge >= 0.3 is 0 Å². The van der Waals surface area contributed by atoms with E-state index in [-0.39, 0.29) is 12.0 Å². The van der Waals surface area contributed by atoms with Gasteiger partial charge in [-0.2, -0.15) is 0 Å². The first-order valence-electron chi connectivity index (χ1n) is 9.73. The Morgan fingerprint density at radius 3 is 2.79 bits per heavy atom. The minimum atomic E-state index is -0.760. The second-order valence-electron chi connectivity index (χ2n) is 8.81. The van der Waals surface area contributed by atoms with Gasteiger partial charge < -0.3 is 10.2 Å². The fourth-order valence-corrected chi connectivity index (χ4v) is 6.75. The summed E-state index contributed by atoms with van der Waals surface area (Å²) in [4.78, 5) is 11.8. The van der Waals surface area contributed by atoms with Gasteiger partial charge in [0.2, 0.25) is 0 Å². The van der Waals surface area contributed by atoms with Gasteiger partial charge in [-0.05, 0) is 74.7 Å². The van der Waals surface area contributed by atoms with Gasteiger partial charge in [0.15, 0.2) is 5.78 Å². The Morgan fingerprint density at radius 1 is 1.17 bits per heavy atom. The number of ketones is 1. The Balaban J connectivity index is 1.61. The van der Waals surface area contributed by atoms with E-state index in [1.54, 1.807) is 6.08 Å². The van der Waals surface area contributed by atoms with Crippen molar-refractivity contribution >= 4 is 5.78 Å². The molecule has 0 spiro atoms. The van der Waals surface area contributed by atoms with Crippen LogP contribution in [0.4, 0.5) is 0 Å². The van der Waals surface area contributed by atoms with E-state index in [9.17, 15) is 9.90 Å². The second-order valence-corrected chi connectivity index (χ2v) is 8.81. The van der Waals surface area contributed by atoms with Gasteiger partial charge in [-0.25, -0.2) is 0 Å². The second kappa shape index (κ2) is 5.81. The van der Waals surface area contributed by atoms with Crippen LogP contribution in [0.25, 0.3) is 0 Å². The van der Waals surface area contributed by atoms with Gasteiger partial charge in [0.05, 0.1) is 12.2 Å². The van der Waals surface area contributed by atoms with E-state index in [0.717, 1.165) is 38.5 Å². The summed E-state index contributed by atoms with van der Waals surface area (Å²) < 4.78 is 0. The molecule has 0 saturated heterocycles. The summed E-state index contributed by atoms with van der Waals surface area (Å²) in [5, 5.41) is 20.4. The Bertz CT molecular complexity index is 592. The molecule has 2 N–H and O–H groups in total. The molecule has 0 heterocycles. The van der Waals surface area contributed by atoms with Crippen LogP contribution in [-0.4, -0.2) is 28.2 Å². The highest BCUT2D eigenvalue weighted by atomic mass is 16.3. The van der Waals surface area contributed by atoms with E-state index >= 15 is 0 Å². The van der Waals surface area contributed by atoms with Crippen LogP contribution in [0.15, 0.2) is 23.8 Å². The zero-order chi connectivity index (χ0) is 16.9. The number of fused-ring (bicyclic) bond motifs is 5. The molecule has 4 aliphatic carbocycles. The highest BCUT2D eigenvalue weighted by Gasteiger charge is 2.61. The average Bonchev–Trinajstić information content (AvgIpc) is 2.84. The molecule has 0 aliphatic heterocycles. The first-order valence-corrected chi connectivity index (χ1v) is 9.73. The summed E-state index contributed by atoms with van der Waals surface area (Å²) in [5.74, 6) is 2.91. The van der Waals surface area contributed by atoms with Gasteiger partial charge in [-0.15, -0.1) is 0 Å². The Morgan fingerprint density at radius 2 is 2.00 bits per heavy atom. The average molecular weight is 330 g/mol. The number of carbonyl (C=O) groups excluding carboxylic acids is 1. The lowest BCUT2D eigenvalue weighted by molar-refractivity contribution is -0.116. The van der Waals surface area contributed by atoms with Crippen LogP contribution in [0.1, 0.15) is 58.3 Å². The van der Waals surface area contributed by atoms with E-state index in [1.807, 2.05) is 12.2 Å². The van der Waals surface area contributed by atoms with Crippen molar-refractivity contribution in [1.82, 2.24) is 0 Å². The van der Waals surface area contributed by atoms with E-state index in [2.05, 4.69) is 6.92 Å². The highest BCUT2D eigenvalue weighted by Crippen LogP contribution is 2.65. The van der Waals surface area contributed by atoms with E-state index < -0.39 is 5.60 Å². The van der Waals surface area contributed by atoms with Crippen molar-refractivity contribution in [2.45, 2.75) is 63.9 Å². The molecule has 0 aromatic heterocycles.